The standard InChI is InChI=1S/C34H22N2S/c37-27-16-14-26(15-17-27)36-35-25-12-9-22(10-13-25)31-28-6-2-4-21-7-8-24-19-23-5-1-3-20-11-18-29(31)34(30(20)23)33(24)32(21)28/h1,3,5-19,37H,2,4H2. The average Bonchev–Trinajstić information content (AvgIpc) is 2.94. The lowest BCUT2D eigenvalue weighted by molar-refractivity contribution is 1.04. The molecule has 0 bridgehead atoms. The van der Waals surface area contributed by atoms with Crippen LogP contribution in [0.2, 0.25) is 0 Å². The summed E-state index contributed by atoms with van der Waals surface area (Å²) in [7, 11) is 0. The highest BCUT2D eigenvalue weighted by molar-refractivity contribution is 7.80. The van der Waals surface area contributed by atoms with E-state index in [9.17, 15) is 0 Å². The summed E-state index contributed by atoms with van der Waals surface area (Å²) in [4.78, 5) is 0.916. The fourth-order valence-electron chi connectivity index (χ4n) is 6.22. The van der Waals surface area contributed by atoms with Crippen molar-refractivity contribution in [3.63, 3.8) is 0 Å². The Balaban J connectivity index is 1.39. The number of aryl methyl sites for hydroxylation is 1. The predicted octanol–water partition coefficient (Wildman–Crippen LogP) is 9.55. The van der Waals surface area contributed by atoms with Gasteiger partial charge in [0.15, 0.2) is 0 Å². The maximum Gasteiger partial charge on any atom is 0.0857 e. The molecule has 0 radical (unpaired) electrons. The first-order valence-corrected chi connectivity index (χ1v) is 13.2. The van der Waals surface area contributed by atoms with Crippen LogP contribution in [0.5, 0.6) is 0 Å². The monoisotopic (exact) mass is 490 g/mol. The molecule has 0 atom stereocenters. The Hall–Kier alpha value is -4.21. The molecule has 37 heavy (non-hydrogen) atoms. The molecule has 0 unspecified atom stereocenters. The second-order valence-electron chi connectivity index (χ2n) is 9.94. The normalized spacial score (nSPS) is 13.4. The van der Waals surface area contributed by atoms with Crippen LogP contribution in [-0.4, -0.2) is 0 Å². The van der Waals surface area contributed by atoms with Crippen molar-refractivity contribution in [2.75, 3.05) is 0 Å². The highest BCUT2D eigenvalue weighted by atomic mass is 32.1. The molecule has 7 aromatic rings. The van der Waals surface area contributed by atoms with Gasteiger partial charge in [0.2, 0.25) is 0 Å². The fraction of sp³-hybridized carbons (Fsp3) is 0.0588. The van der Waals surface area contributed by atoms with Crippen LogP contribution in [0.1, 0.15) is 12.0 Å². The Morgan fingerprint density at radius 2 is 1.30 bits per heavy atom. The van der Waals surface area contributed by atoms with E-state index in [1.54, 1.807) is 0 Å². The van der Waals surface area contributed by atoms with Gasteiger partial charge in [-0.05, 0) is 120 Å². The van der Waals surface area contributed by atoms with Gasteiger partial charge in [-0.3, -0.25) is 0 Å². The predicted molar refractivity (Wildman–Crippen MR) is 159 cm³/mol. The lowest BCUT2D eigenvalue weighted by atomic mass is 9.81. The largest absolute Gasteiger partial charge is 0.151 e. The summed E-state index contributed by atoms with van der Waals surface area (Å²) >= 11 is 4.34. The molecule has 0 heterocycles. The molecule has 2 nitrogen and oxygen atoms in total. The Labute approximate surface area is 219 Å². The molecule has 0 aliphatic heterocycles. The van der Waals surface area contributed by atoms with Crippen LogP contribution in [0.4, 0.5) is 11.4 Å². The molecule has 174 valence electrons. The zero-order valence-electron chi connectivity index (χ0n) is 20.1. The van der Waals surface area contributed by atoms with Gasteiger partial charge in [0.1, 0.15) is 0 Å². The van der Waals surface area contributed by atoms with Gasteiger partial charge in [-0.15, -0.1) is 12.6 Å². The maximum absolute atomic E-state index is 4.47. The number of thiol groups is 1. The van der Waals surface area contributed by atoms with Crippen LogP contribution in [0.15, 0.2) is 112 Å². The van der Waals surface area contributed by atoms with Crippen molar-refractivity contribution in [1.29, 1.82) is 0 Å². The van der Waals surface area contributed by atoms with Crippen molar-refractivity contribution in [1.82, 2.24) is 0 Å². The van der Waals surface area contributed by atoms with Crippen LogP contribution in [-0.2, 0) is 6.42 Å². The van der Waals surface area contributed by atoms with Gasteiger partial charge in [-0.1, -0.05) is 60.7 Å². The molecule has 0 N–H and O–H groups in total. The van der Waals surface area contributed by atoms with Crippen molar-refractivity contribution in [2.24, 2.45) is 10.2 Å². The zero-order valence-corrected chi connectivity index (χ0v) is 21.0. The molecular formula is C34H22N2S. The third-order valence-corrected chi connectivity index (χ3v) is 8.12. The summed E-state index contributed by atoms with van der Waals surface area (Å²) in [5.41, 5.74) is 5.66. The van der Waals surface area contributed by atoms with Crippen LogP contribution in [0.3, 0.4) is 0 Å². The van der Waals surface area contributed by atoms with Crippen molar-refractivity contribution < 1.29 is 0 Å². The van der Waals surface area contributed by atoms with Gasteiger partial charge < -0.3 is 0 Å². The third-order valence-electron chi connectivity index (χ3n) is 7.82. The molecule has 7 aromatic carbocycles. The number of hydrogen-bond acceptors (Lipinski definition) is 3. The van der Waals surface area contributed by atoms with E-state index in [1.807, 2.05) is 24.3 Å². The average molecular weight is 491 g/mol. The quantitative estimate of drug-likeness (QED) is 0.110. The molecule has 8 rings (SSSR count). The lowest BCUT2D eigenvalue weighted by Gasteiger charge is -2.22. The fourth-order valence-corrected chi connectivity index (χ4v) is 6.37. The Kier molecular flexibility index (Phi) is 4.47. The highest BCUT2D eigenvalue weighted by Gasteiger charge is 2.21. The van der Waals surface area contributed by atoms with Gasteiger partial charge in [-0.2, -0.15) is 10.2 Å². The first kappa shape index (κ1) is 20.9. The molecule has 0 amide bonds. The lowest BCUT2D eigenvalue weighted by Crippen LogP contribution is -2.14. The molecule has 0 saturated heterocycles. The molecule has 0 spiro atoms. The van der Waals surface area contributed by atoms with Crippen molar-refractivity contribution >= 4 is 73.2 Å². The second kappa shape index (κ2) is 7.89. The molecule has 0 fully saturated rings. The minimum atomic E-state index is 0.818. The van der Waals surface area contributed by atoms with Gasteiger partial charge in [-0.25, -0.2) is 0 Å². The van der Waals surface area contributed by atoms with E-state index in [0.717, 1.165) is 29.1 Å². The van der Waals surface area contributed by atoms with Crippen LogP contribution in [0, 0.1) is 0 Å². The molecular weight excluding hydrogens is 468 g/mol. The smallest absolute Gasteiger partial charge is 0.0857 e. The van der Waals surface area contributed by atoms with E-state index in [1.165, 1.54) is 65.0 Å². The SMILES string of the molecule is Sc1ccc(N=Nc2ccc(-c3c4c5c(ccc6cc7cccc8ccc3c(c87)c65)CCC=4)cc2)cc1. The number of rotatable bonds is 3. The minimum Gasteiger partial charge on any atom is -0.151 e. The van der Waals surface area contributed by atoms with Crippen molar-refractivity contribution in [3.05, 3.63) is 108 Å². The molecule has 0 saturated carbocycles. The van der Waals surface area contributed by atoms with E-state index in [4.69, 9.17) is 0 Å². The van der Waals surface area contributed by atoms with E-state index in [0.29, 0.717) is 0 Å². The van der Waals surface area contributed by atoms with Crippen LogP contribution < -0.4 is 5.22 Å². The second-order valence-corrected chi connectivity index (χ2v) is 10.5. The van der Waals surface area contributed by atoms with Gasteiger partial charge >= 0.3 is 0 Å². The summed E-state index contributed by atoms with van der Waals surface area (Å²) in [5, 5.41) is 21.1. The Morgan fingerprint density at radius 1 is 0.595 bits per heavy atom. The third kappa shape index (κ3) is 3.14. The van der Waals surface area contributed by atoms with E-state index in [-0.39, 0.29) is 0 Å². The number of benzene rings is 7. The van der Waals surface area contributed by atoms with Gasteiger partial charge in [0.25, 0.3) is 0 Å². The minimum absolute atomic E-state index is 0.818. The van der Waals surface area contributed by atoms with E-state index < -0.39 is 0 Å². The van der Waals surface area contributed by atoms with Gasteiger partial charge in [0, 0.05) is 4.90 Å². The van der Waals surface area contributed by atoms with Crippen molar-refractivity contribution in [3.8, 4) is 11.1 Å². The molecule has 3 heteroatoms. The highest BCUT2D eigenvalue weighted by Crippen LogP contribution is 2.43. The topological polar surface area (TPSA) is 24.7 Å². The van der Waals surface area contributed by atoms with Crippen LogP contribution in [0.25, 0.3) is 60.3 Å². The first-order valence-electron chi connectivity index (χ1n) is 12.7. The van der Waals surface area contributed by atoms with Crippen molar-refractivity contribution in [2.45, 2.75) is 17.7 Å². The van der Waals surface area contributed by atoms with E-state index >= 15 is 0 Å². The molecule has 1 aliphatic rings. The zero-order chi connectivity index (χ0) is 24.5. The summed E-state index contributed by atoms with van der Waals surface area (Å²) in [6.07, 6.45) is 4.62. The molecule has 1 aliphatic carbocycles. The van der Waals surface area contributed by atoms with Gasteiger partial charge in [0.05, 0.1) is 11.4 Å². The summed E-state index contributed by atoms with van der Waals surface area (Å²) < 4.78 is 0. The molecule has 0 aromatic heterocycles. The number of azo groups is 1. The first-order chi connectivity index (χ1) is 18.2. The van der Waals surface area contributed by atoms with E-state index in [2.05, 4.69) is 102 Å². The summed E-state index contributed by atoms with van der Waals surface area (Å²) in [5.74, 6) is 0. The van der Waals surface area contributed by atoms with Crippen LogP contribution >= 0.6 is 12.6 Å². The Morgan fingerprint density at radius 3 is 2.11 bits per heavy atom. The maximum atomic E-state index is 4.47. The number of hydrogen-bond donors (Lipinski definition) is 1. The number of nitrogens with zero attached hydrogens (tertiary/aromatic N) is 2. The summed E-state index contributed by atoms with van der Waals surface area (Å²) in [6.45, 7) is 0. The summed E-state index contributed by atoms with van der Waals surface area (Å²) in [6, 6.07) is 34.5. The Bertz CT molecular complexity index is 2070.